The zero-order chi connectivity index (χ0) is 14.5. The molecule has 0 aliphatic carbocycles. The van der Waals surface area contributed by atoms with E-state index in [-0.39, 0.29) is 24.0 Å². The van der Waals surface area contributed by atoms with Crippen LogP contribution in [0.15, 0.2) is 24.3 Å². The number of halogens is 1. The zero-order valence-corrected chi connectivity index (χ0v) is 11.4. The lowest BCUT2D eigenvalue weighted by Crippen LogP contribution is -2.49. The van der Waals surface area contributed by atoms with Crippen LogP contribution in [-0.4, -0.2) is 54.3 Å². The van der Waals surface area contributed by atoms with Gasteiger partial charge in [0.1, 0.15) is 5.82 Å². The van der Waals surface area contributed by atoms with Gasteiger partial charge in [-0.1, -0.05) is 12.1 Å². The lowest BCUT2D eigenvalue weighted by Gasteiger charge is -2.33. The molecule has 0 saturated carbocycles. The van der Waals surface area contributed by atoms with E-state index >= 15 is 0 Å². The molecule has 2 amide bonds. The standard InChI is InChI=1S/C14H18FN3O2/c1-11(19)18-8-6-17(7-9-18)10-14(20)16-13-5-3-2-4-12(13)15/h2-5H,6-10H2,1H3,(H,16,20). The maximum absolute atomic E-state index is 13.4. The van der Waals surface area contributed by atoms with E-state index < -0.39 is 5.82 Å². The molecule has 0 spiro atoms. The third-order valence-electron chi connectivity index (χ3n) is 3.33. The van der Waals surface area contributed by atoms with E-state index in [0.29, 0.717) is 26.2 Å². The molecule has 1 heterocycles. The van der Waals surface area contributed by atoms with Gasteiger partial charge in [0.25, 0.3) is 0 Å². The quantitative estimate of drug-likeness (QED) is 0.895. The second-order valence-corrected chi connectivity index (χ2v) is 4.81. The molecule has 6 heteroatoms. The molecule has 0 unspecified atom stereocenters. The van der Waals surface area contributed by atoms with E-state index in [4.69, 9.17) is 0 Å². The summed E-state index contributed by atoms with van der Waals surface area (Å²) < 4.78 is 13.4. The Morgan fingerprint density at radius 3 is 2.45 bits per heavy atom. The van der Waals surface area contributed by atoms with Gasteiger partial charge in [-0.3, -0.25) is 14.5 Å². The van der Waals surface area contributed by atoms with Crippen LogP contribution in [0.5, 0.6) is 0 Å². The third kappa shape index (κ3) is 3.77. The Bertz CT molecular complexity index is 499. The minimum atomic E-state index is -0.442. The summed E-state index contributed by atoms with van der Waals surface area (Å²) in [5, 5.41) is 2.56. The first-order valence-electron chi connectivity index (χ1n) is 6.58. The SMILES string of the molecule is CC(=O)N1CCN(CC(=O)Nc2ccccc2F)CC1. The second kappa shape index (κ2) is 6.47. The summed E-state index contributed by atoms with van der Waals surface area (Å²) in [6.07, 6.45) is 0. The van der Waals surface area contributed by atoms with E-state index in [1.54, 1.807) is 24.0 Å². The average molecular weight is 279 g/mol. The Hall–Kier alpha value is -1.95. The fourth-order valence-corrected chi connectivity index (χ4v) is 2.18. The first-order chi connectivity index (χ1) is 9.56. The van der Waals surface area contributed by atoms with Crippen molar-refractivity contribution in [1.29, 1.82) is 0 Å². The predicted octanol–water partition coefficient (Wildman–Crippen LogP) is 0.928. The molecule has 1 aromatic carbocycles. The van der Waals surface area contributed by atoms with Crippen LogP contribution in [0.1, 0.15) is 6.92 Å². The first-order valence-corrected chi connectivity index (χ1v) is 6.58. The summed E-state index contributed by atoms with van der Waals surface area (Å²) in [5.74, 6) is -0.630. The largest absolute Gasteiger partial charge is 0.340 e. The molecule has 1 N–H and O–H groups in total. The maximum Gasteiger partial charge on any atom is 0.238 e. The van der Waals surface area contributed by atoms with Gasteiger partial charge in [-0.05, 0) is 12.1 Å². The van der Waals surface area contributed by atoms with E-state index in [2.05, 4.69) is 5.32 Å². The van der Waals surface area contributed by atoms with Crippen molar-refractivity contribution >= 4 is 17.5 Å². The summed E-state index contributed by atoms with van der Waals surface area (Å²) >= 11 is 0. The Kier molecular flexibility index (Phi) is 4.68. The average Bonchev–Trinajstić information content (AvgIpc) is 2.42. The van der Waals surface area contributed by atoms with Gasteiger partial charge in [0, 0.05) is 33.1 Å². The molecule has 5 nitrogen and oxygen atoms in total. The number of para-hydroxylation sites is 1. The summed E-state index contributed by atoms with van der Waals surface area (Å²) in [6.45, 7) is 4.32. The Morgan fingerprint density at radius 1 is 1.20 bits per heavy atom. The van der Waals surface area contributed by atoms with Crippen LogP contribution >= 0.6 is 0 Å². The van der Waals surface area contributed by atoms with Crippen LogP contribution in [0.3, 0.4) is 0 Å². The molecule has 1 fully saturated rings. The van der Waals surface area contributed by atoms with Gasteiger partial charge < -0.3 is 10.2 Å². The number of hydrogen-bond donors (Lipinski definition) is 1. The smallest absolute Gasteiger partial charge is 0.238 e. The monoisotopic (exact) mass is 279 g/mol. The minimum absolute atomic E-state index is 0.0560. The maximum atomic E-state index is 13.4. The van der Waals surface area contributed by atoms with Crippen molar-refractivity contribution in [2.24, 2.45) is 0 Å². The van der Waals surface area contributed by atoms with Gasteiger partial charge in [0.15, 0.2) is 0 Å². The van der Waals surface area contributed by atoms with Crippen molar-refractivity contribution in [1.82, 2.24) is 9.80 Å². The van der Waals surface area contributed by atoms with Crippen LogP contribution in [0.4, 0.5) is 10.1 Å². The van der Waals surface area contributed by atoms with Crippen LogP contribution in [0.25, 0.3) is 0 Å². The van der Waals surface area contributed by atoms with E-state index in [0.717, 1.165) is 0 Å². The molecule has 20 heavy (non-hydrogen) atoms. The molecule has 0 radical (unpaired) electrons. The van der Waals surface area contributed by atoms with Gasteiger partial charge in [-0.15, -0.1) is 0 Å². The number of piperazine rings is 1. The second-order valence-electron chi connectivity index (χ2n) is 4.81. The first kappa shape index (κ1) is 14.5. The molecule has 0 bridgehead atoms. The topological polar surface area (TPSA) is 52.7 Å². The fraction of sp³-hybridized carbons (Fsp3) is 0.429. The summed E-state index contributed by atoms with van der Waals surface area (Å²) in [7, 11) is 0. The number of amides is 2. The third-order valence-corrected chi connectivity index (χ3v) is 3.33. The van der Waals surface area contributed by atoms with Crippen molar-refractivity contribution in [2.75, 3.05) is 38.0 Å². The molecule has 2 rings (SSSR count). The highest BCUT2D eigenvalue weighted by Gasteiger charge is 2.20. The summed E-state index contributed by atoms with van der Waals surface area (Å²) in [6, 6.07) is 6.08. The van der Waals surface area contributed by atoms with Gasteiger partial charge in [0.2, 0.25) is 11.8 Å². The predicted molar refractivity (Wildman–Crippen MR) is 73.7 cm³/mol. The highest BCUT2D eigenvalue weighted by Crippen LogP contribution is 2.12. The van der Waals surface area contributed by atoms with Crippen LogP contribution in [0.2, 0.25) is 0 Å². The van der Waals surface area contributed by atoms with E-state index in [1.165, 1.54) is 12.1 Å². The van der Waals surface area contributed by atoms with Gasteiger partial charge in [-0.2, -0.15) is 0 Å². The Balaban J connectivity index is 1.81. The van der Waals surface area contributed by atoms with E-state index in [9.17, 15) is 14.0 Å². The van der Waals surface area contributed by atoms with Crippen molar-refractivity contribution < 1.29 is 14.0 Å². The number of anilines is 1. The van der Waals surface area contributed by atoms with Gasteiger partial charge in [-0.25, -0.2) is 4.39 Å². The molecule has 1 aliphatic rings. The van der Waals surface area contributed by atoms with Crippen molar-refractivity contribution in [3.05, 3.63) is 30.1 Å². The van der Waals surface area contributed by atoms with Crippen molar-refractivity contribution in [2.45, 2.75) is 6.92 Å². The summed E-state index contributed by atoms with van der Waals surface area (Å²) in [4.78, 5) is 26.8. The molecular formula is C14H18FN3O2. The molecule has 108 valence electrons. The highest BCUT2D eigenvalue weighted by molar-refractivity contribution is 5.92. The minimum Gasteiger partial charge on any atom is -0.340 e. The molecular weight excluding hydrogens is 261 g/mol. The Morgan fingerprint density at radius 2 is 1.85 bits per heavy atom. The molecule has 1 aromatic rings. The zero-order valence-electron chi connectivity index (χ0n) is 11.4. The lowest BCUT2D eigenvalue weighted by molar-refractivity contribution is -0.130. The number of carbonyl (C=O) groups excluding carboxylic acids is 2. The van der Waals surface area contributed by atoms with Crippen LogP contribution in [0, 0.1) is 5.82 Å². The lowest BCUT2D eigenvalue weighted by atomic mass is 10.3. The van der Waals surface area contributed by atoms with Gasteiger partial charge >= 0.3 is 0 Å². The highest BCUT2D eigenvalue weighted by atomic mass is 19.1. The van der Waals surface area contributed by atoms with E-state index in [1.807, 2.05) is 4.90 Å². The fourth-order valence-electron chi connectivity index (χ4n) is 2.18. The number of benzene rings is 1. The normalized spacial score (nSPS) is 16.0. The molecule has 0 atom stereocenters. The number of hydrogen-bond acceptors (Lipinski definition) is 3. The molecule has 0 aromatic heterocycles. The Labute approximate surface area is 117 Å². The number of nitrogens with zero attached hydrogens (tertiary/aromatic N) is 2. The van der Waals surface area contributed by atoms with Gasteiger partial charge in [0.05, 0.1) is 12.2 Å². The van der Waals surface area contributed by atoms with Crippen molar-refractivity contribution in [3.8, 4) is 0 Å². The van der Waals surface area contributed by atoms with Crippen LogP contribution in [-0.2, 0) is 9.59 Å². The van der Waals surface area contributed by atoms with Crippen LogP contribution < -0.4 is 5.32 Å². The molecule has 1 saturated heterocycles. The number of carbonyl (C=O) groups is 2. The van der Waals surface area contributed by atoms with Crippen molar-refractivity contribution in [3.63, 3.8) is 0 Å². The number of nitrogens with one attached hydrogen (secondary N) is 1. The number of rotatable bonds is 3. The molecule has 1 aliphatic heterocycles. The summed E-state index contributed by atoms with van der Waals surface area (Å²) in [5.41, 5.74) is 0.194.